The van der Waals surface area contributed by atoms with E-state index in [1.165, 1.54) is 44.9 Å². The summed E-state index contributed by atoms with van der Waals surface area (Å²) in [6, 6.07) is 0. The Bertz CT molecular complexity index is 1660. The van der Waals surface area contributed by atoms with Gasteiger partial charge in [-0.3, -0.25) is 18.6 Å². The van der Waals surface area contributed by atoms with Crippen molar-refractivity contribution in [3.05, 3.63) is 146 Å². The first-order valence-electron chi connectivity index (χ1n) is 27.3. The zero-order valence-corrected chi connectivity index (χ0v) is 45.3. The fourth-order valence-corrected chi connectivity index (χ4v) is 7.53. The number of phosphoric acid groups is 1. The van der Waals surface area contributed by atoms with Crippen LogP contribution >= 0.6 is 7.82 Å². The lowest BCUT2D eigenvalue weighted by Gasteiger charge is -2.19. The van der Waals surface area contributed by atoms with Crippen LogP contribution in [0.1, 0.15) is 194 Å². The maximum atomic E-state index is 12.7. The minimum atomic E-state index is -4.41. The molecule has 0 aromatic rings. The molecule has 71 heavy (non-hydrogen) atoms. The summed E-state index contributed by atoms with van der Waals surface area (Å²) in [7, 11) is -4.41. The molecule has 0 rings (SSSR count). The second-order valence-electron chi connectivity index (χ2n) is 17.3. The van der Waals surface area contributed by atoms with E-state index in [2.05, 4.69) is 154 Å². The van der Waals surface area contributed by atoms with Gasteiger partial charge >= 0.3 is 19.8 Å². The Morgan fingerprint density at radius 2 is 0.746 bits per heavy atom. The Labute approximate surface area is 433 Å². The van der Waals surface area contributed by atoms with E-state index < -0.39 is 32.5 Å². The van der Waals surface area contributed by atoms with Gasteiger partial charge in [-0.1, -0.05) is 217 Å². The van der Waals surface area contributed by atoms with Crippen LogP contribution in [0.25, 0.3) is 0 Å². The molecule has 0 bridgehead atoms. The molecular formula is C61H98NO8P. The van der Waals surface area contributed by atoms with Gasteiger partial charge in [0.2, 0.25) is 0 Å². The van der Waals surface area contributed by atoms with Crippen LogP contribution in [-0.2, 0) is 32.7 Å². The van der Waals surface area contributed by atoms with Crippen molar-refractivity contribution in [2.75, 3.05) is 26.4 Å². The largest absolute Gasteiger partial charge is 0.472 e. The Kier molecular flexibility index (Phi) is 52.0. The molecule has 3 N–H and O–H groups in total. The number of phosphoric ester groups is 1. The number of hydrogen-bond donors (Lipinski definition) is 2. The SMILES string of the molecule is CC/C=C\C/C=C\C/C=C\C/C=C\C/C=C\C/C=C\C/C=C\CCCC(=O)OC(COC(=O)CCCCCCCCCCCCC/C=C\C/C=C\C/C=C\C/C=C\C/C=C\CC)COP(=O)(O)OCCN. The number of ether oxygens (including phenoxy) is 2. The van der Waals surface area contributed by atoms with Gasteiger partial charge in [0.05, 0.1) is 13.2 Å². The molecule has 0 aliphatic rings. The Balaban J connectivity index is 4.14. The normalized spacial score (nSPS) is 14.3. The third kappa shape index (κ3) is 55.1. The molecule has 0 spiro atoms. The van der Waals surface area contributed by atoms with Gasteiger partial charge in [0.1, 0.15) is 6.61 Å². The summed E-state index contributed by atoms with van der Waals surface area (Å²) in [6.45, 7) is 3.42. The van der Waals surface area contributed by atoms with Crippen molar-refractivity contribution in [2.24, 2.45) is 5.73 Å². The van der Waals surface area contributed by atoms with Crippen molar-refractivity contribution >= 4 is 19.8 Å². The molecule has 2 unspecified atom stereocenters. The van der Waals surface area contributed by atoms with Crippen LogP contribution in [0.4, 0.5) is 0 Å². The van der Waals surface area contributed by atoms with Crippen molar-refractivity contribution in [2.45, 2.75) is 200 Å². The van der Waals surface area contributed by atoms with Crippen molar-refractivity contribution in [1.82, 2.24) is 0 Å². The highest BCUT2D eigenvalue weighted by Gasteiger charge is 2.26. The van der Waals surface area contributed by atoms with Crippen molar-refractivity contribution in [1.29, 1.82) is 0 Å². The number of carbonyl (C=O) groups excluding carboxylic acids is 2. The van der Waals surface area contributed by atoms with E-state index >= 15 is 0 Å². The number of esters is 2. The van der Waals surface area contributed by atoms with Crippen LogP contribution in [0, 0.1) is 0 Å². The first kappa shape index (κ1) is 66.9. The molecule has 0 amide bonds. The molecule has 0 aliphatic heterocycles. The highest BCUT2D eigenvalue weighted by atomic mass is 31.2. The van der Waals surface area contributed by atoms with Crippen LogP contribution in [-0.4, -0.2) is 49.3 Å². The minimum Gasteiger partial charge on any atom is -0.462 e. The average molecular weight is 1000 g/mol. The number of allylic oxidation sites excluding steroid dienone is 24. The smallest absolute Gasteiger partial charge is 0.462 e. The molecule has 0 aromatic carbocycles. The Hall–Kier alpha value is -4.11. The number of nitrogens with two attached hydrogens (primary N) is 1. The summed E-state index contributed by atoms with van der Waals surface area (Å²) in [4.78, 5) is 35.1. The lowest BCUT2D eigenvalue weighted by molar-refractivity contribution is -0.161. The van der Waals surface area contributed by atoms with Crippen molar-refractivity contribution in [3.8, 4) is 0 Å². The zero-order chi connectivity index (χ0) is 51.7. The van der Waals surface area contributed by atoms with Crippen LogP contribution in [0.2, 0.25) is 0 Å². The van der Waals surface area contributed by atoms with Gasteiger partial charge in [0.25, 0.3) is 0 Å². The summed E-state index contributed by atoms with van der Waals surface area (Å²) < 4.78 is 32.9. The highest BCUT2D eigenvalue weighted by Crippen LogP contribution is 2.43. The third-order valence-corrected chi connectivity index (χ3v) is 11.7. The van der Waals surface area contributed by atoms with Gasteiger partial charge in [-0.05, 0) is 109 Å². The topological polar surface area (TPSA) is 134 Å². The second-order valence-corrected chi connectivity index (χ2v) is 18.8. The summed E-state index contributed by atoms with van der Waals surface area (Å²) in [5.41, 5.74) is 5.37. The second kappa shape index (κ2) is 55.2. The molecule has 0 radical (unpaired) electrons. The number of hydrogen-bond acceptors (Lipinski definition) is 8. The fraction of sp³-hybridized carbons (Fsp3) is 0.574. The lowest BCUT2D eigenvalue weighted by Crippen LogP contribution is -2.29. The molecule has 0 aromatic heterocycles. The molecule has 9 nitrogen and oxygen atoms in total. The van der Waals surface area contributed by atoms with E-state index in [9.17, 15) is 19.0 Å². The van der Waals surface area contributed by atoms with Crippen molar-refractivity contribution < 1.29 is 37.6 Å². The predicted molar refractivity (Wildman–Crippen MR) is 302 cm³/mol. The number of rotatable bonds is 49. The van der Waals surface area contributed by atoms with E-state index in [4.69, 9.17) is 24.3 Å². The summed E-state index contributed by atoms with van der Waals surface area (Å²) >= 11 is 0. The van der Waals surface area contributed by atoms with Crippen LogP contribution in [0.15, 0.2) is 146 Å². The van der Waals surface area contributed by atoms with Crippen LogP contribution in [0.5, 0.6) is 0 Å². The average Bonchev–Trinajstić information content (AvgIpc) is 3.36. The lowest BCUT2D eigenvalue weighted by atomic mass is 10.0. The monoisotopic (exact) mass is 1000 g/mol. The van der Waals surface area contributed by atoms with Gasteiger partial charge in [0, 0.05) is 19.4 Å². The van der Waals surface area contributed by atoms with E-state index in [-0.39, 0.29) is 32.6 Å². The summed E-state index contributed by atoms with van der Waals surface area (Å²) in [6.07, 6.45) is 79.0. The third-order valence-electron chi connectivity index (χ3n) is 10.7. The van der Waals surface area contributed by atoms with Crippen molar-refractivity contribution in [3.63, 3.8) is 0 Å². The van der Waals surface area contributed by atoms with Gasteiger partial charge in [-0.2, -0.15) is 0 Å². The molecular weight excluding hydrogens is 906 g/mol. The first-order valence-corrected chi connectivity index (χ1v) is 28.8. The van der Waals surface area contributed by atoms with E-state index in [0.29, 0.717) is 19.3 Å². The summed E-state index contributed by atoms with van der Waals surface area (Å²) in [5, 5.41) is 0. The Morgan fingerprint density at radius 1 is 0.423 bits per heavy atom. The molecule has 0 aliphatic carbocycles. The maximum Gasteiger partial charge on any atom is 0.472 e. The maximum absolute atomic E-state index is 12.7. The fourth-order valence-electron chi connectivity index (χ4n) is 6.77. The zero-order valence-electron chi connectivity index (χ0n) is 44.4. The van der Waals surface area contributed by atoms with Crippen LogP contribution in [0.3, 0.4) is 0 Å². The standard InChI is InChI=1S/C61H98NO8P/c1-3-5-7-9-11-13-15-17-19-21-23-25-27-28-29-30-32-33-35-37-39-41-43-45-47-49-51-53-60(63)67-57-59(58-69-71(65,66)68-56-55-62)70-61(64)54-52-50-48-46-44-42-40-38-36-34-31-26-24-22-20-18-16-14-12-10-8-6-4-2/h5-8,11-14,17-20,23-26,28-29,34,36,40,42,46,48,59H,3-4,9-10,15-16,21-22,27,30-33,35,37-39,41,43-45,47,49-58,62H2,1-2H3,(H,65,66)/b7-5-,8-6-,13-11-,14-12-,19-17-,20-18-,25-23-,26-24-,29-28-,36-34-,42-40-,48-46-. The van der Waals surface area contributed by atoms with E-state index in [0.717, 1.165) is 103 Å². The molecule has 0 heterocycles. The van der Waals surface area contributed by atoms with Gasteiger partial charge < -0.3 is 20.1 Å². The highest BCUT2D eigenvalue weighted by molar-refractivity contribution is 7.47. The minimum absolute atomic E-state index is 0.0354. The van der Waals surface area contributed by atoms with Gasteiger partial charge in [-0.25, -0.2) is 4.57 Å². The molecule has 400 valence electrons. The molecule has 0 saturated carbocycles. The quantitative estimate of drug-likeness (QED) is 0.0264. The van der Waals surface area contributed by atoms with Gasteiger partial charge in [-0.15, -0.1) is 0 Å². The Morgan fingerprint density at radius 3 is 1.13 bits per heavy atom. The van der Waals surface area contributed by atoms with E-state index in [1.807, 2.05) is 6.08 Å². The molecule has 0 fully saturated rings. The van der Waals surface area contributed by atoms with Gasteiger partial charge in [0.15, 0.2) is 6.10 Å². The molecule has 10 heteroatoms. The van der Waals surface area contributed by atoms with E-state index in [1.54, 1.807) is 0 Å². The molecule has 2 atom stereocenters. The predicted octanol–water partition coefficient (Wildman–Crippen LogP) is 17.2. The molecule has 0 saturated heterocycles. The first-order chi connectivity index (χ1) is 34.8. The number of unbranched alkanes of at least 4 members (excludes halogenated alkanes) is 12. The summed E-state index contributed by atoms with van der Waals surface area (Å²) in [5.74, 6) is -0.913. The number of carbonyl (C=O) groups is 2. The van der Waals surface area contributed by atoms with Crippen LogP contribution < -0.4 is 5.73 Å².